The summed E-state index contributed by atoms with van der Waals surface area (Å²) >= 11 is 0. The van der Waals surface area contributed by atoms with Crippen molar-refractivity contribution in [3.05, 3.63) is 51.7 Å². The number of phenolic OH excluding ortho intramolecular Hbond substituents is 3. The standard InChI is InChI=1S/C23H22O6/c1-12(2)5-4-9-23(3)10-8-13-16(29-23)11-17-19(20(13)26)21(27)18-14(24)6-7-15(25)22(18)28-17/h5-8,10-11,24-26H,4,9H2,1-3H3. The van der Waals surface area contributed by atoms with Crippen molar-refractivity contribution < 1.29 is 24.5 Å². The fourth-order valence-corrected chi connectivity index (χ4v) is 3.63. The minimum Gasteiger partial charge on any atom is -0.507 e. The van der Waals surface area contributed by atoms with Crippen LogP contribution in [0.25, 0.3) is 28.0 Å². The third kappa shape index (κ3) is 3.10. The van der Waals surface area contributed by atoms with Crippen molar-refractivity contribution in [3.8, 4) is 23.0 Å². The number of aromatic hydroxyl groups is 3. The van der Waals surface area contributed by atoms with Crippen LogP contribution >= 0.6 is 0 Å². The first kappa shape index (κ1) is 18.9. The molecule has 6 nitrogen and oxygen atoms in total. The first-order valence-corrected chi connectivity index (χ1v) is 9.39. The Hall–Kier alpha value is -3.41. The lowest BCUT2D eigenvalue weighted by Crippen LogP contribution is -2.31. The van der Waals surface area contributed by atoms with Gasteiger partial charge in [0.05, 0.1) is 5.56 Å². The molecule has 1 atom stereocenters. The molecule has 3 aromatic rings. The number of hydrogen-bond donors (Lipinski definition) is 3. The second-order valence-electron chi connectivity index (χ2n) is 7.82. The van der Waals surface area contributed by atoms with E-state index in [-0.39, 0.29) is 39.2 Å². The smallest absolute Gasteiger partial charge is 0.208 e. The van der Waals surface area contributed by atoms with Crippen molar-refractivity contribution in [1.29, 1.82) is 0 Å². The summed E-state index contributed by atoms with van der Waals surface area (Å²) in [4.78, 5) is 12.9. The summed E-state index contributed by atoms with van der Waals surface area (Å²) in [7, 11) is 0. The van der Waals surface area contributed by atoms with Crippen LogP contribution in [-0.2, 0) is 0 Å². The normalized spacial score (nSPS) is 17.9. The van der Waals surface area contributed by atoms with Gasteiger partial charge in [-0.3, -0.25) is 4.79 Å². The summed E-state index contributed by atoms with van der Waals surface area (Å²) in [5.74, 6) is -0.497. The molecule has 3 N–H and O–H groups in total. The van der Waals surface area contributed by atoms with E-state index in [9.17, 15) is 20.1 Å². The average molecular weight is 394 g/mol. The van der Waals surface area contributed by atoms with Gasteiger partial charge in [0, 0.05) is 6.07 Å². The number of rotatable bonds is 3. The van der Waals surface area contributed by atoms with Crippen LogP contribution in [0.5, 0.6) is 23.0 Å². The molecule has 4 rings (SSSR count). The molecule has 0 saturated heterocycles. The molecule has 1 aliphatic rings. The quantitative estimate of drug-likeness (QED) is 0.329. The molecule has 0 aliphatic carbocycles. The first-order chi connectivity index (χ1) is 13.7. The Morgan fingerprint density at radius 1 is 1.14 bits per heavy atom. The SMILES string of the molecule is CC(C)=CCCC1(C)C=Cc2c(cc3oc4c(O)ccc(O)c4c(=O)c3c2O)O1. The zero-order valence-electron chi connectivity index (χ0n) is 16.4. The zero-order chi connectivity index (χ0) is 20.9. The van der Waals surface area contributed by atoms with Crippen LogP contribution in [0.2, 0.25) is 0 Å². The van der Waals surface area contributed by atoms with Gasteiger partial charge in [-0.05, 0) is 57.9 Å². The Morgan fingerprint density at radius 3 is 2.59 bits per heavy atom. The van der Waals surface area contributed by atoms with Crippen LogP contribution in [0.15, 0.2) is 45.1 Å². The largest absolute Gasteiger partial charge is 0.507 e. The molecule has 6 heteroatoms. The van der Waals surface area contributed by atoms with Gasteiger partial charge in [-0.1, -0.05) is 11.6 Å². The highest BCUT2D eigenvalue weighted by Gasteiger charge is 2.30. The van der Waals surface area contributed by atoms with Gasteiger partial charge in [0.15, 0.2) is 11.3 Å². The van der Waals surface area contributed by atoms with E-state index in [0.717, 1.165) is 12.8 Å². The highest BCUT2D eigenvalue weighted by Crippen LogP contribution is 2.43. The van der Waals surface area contributed by atoms with E-state index >= 15 is 0 Å². The summed E-state index contributed by atoms with van der Waals surface area (Å²) in [5, 5.41) is 30.6. The molecule has 0 radical (unpaired) electrons. The van der Waals surface area contributed by atoms with Gasteiger partial charge in [0.2, 0.25) is 5.43 Å². The van der Waals surface area contributed by atoms with E-state index in [4.69, 9.17) is 9.15 Å². The number of phenols is 3. The van der Waals surface area contributed by atoms with Crippen molar-refractivity contribution in [1.82, 2.24) is 0 Å². The van der Waals surface area contributed by atoms with Gasteiger partial charge in [0.1, 0.15) is 39.2 Å². The van der Waals surface area contributed by atoms with Gasteiger partial charge in [-0.15, -0.1) is 0 Å². The fourth-order valence-electron chi connectivity index (χ4n) is 3.63. The van der Waals surface area contributed by atoms with Crippen molar-refractivity contribution >= 4 is 28.0 Å². The predicted octanol–water partition coefficient (Wildman–Crippen LogP) is 4.97. The topological polar surface area (TPSA) is 100 Å². The van der Waals surface area contributed by atoms with Crippen LogP contribution in [-0.4, -0.2) is 20.9 Å². The van der Waals surface area contributed by atoms with E-state index in [0.29, 0.717) is 11.3 Å². The first-order valence-electron chi connectivity index (χ1n) is 9.39. The molecule has 0 fully saturated rings. The minimum absolute atomic E-state index is 0.0708. The Balaban J connectivity index is 1.89. The van der Waals surface area contributed by atoms with Crippen molar-refractivity contribution in [2.45, 2.75) is 39.2 Å². The number of fused-ring (bicyclic) bond motifs is 3. The summed E-state index contributed by atoms with van der Waals surface area (Å²) in [6.45, 7) is 6.03. The molecule has 0 amide bonds. The summed E-state index contributed by atoms with van der Waals surface area (Å²) in [6.07, 6.45) is 7.32. The highest BCUT2D eigenvalue weighted by atomic mass is 16.5. The van der Waals surface area contributed by atoms with Crippen LogP contribution in [0.4, 0.5) is 0 Å². The van der Waals surface area contributed by atoms with Crippen molar-refractivity contribution in [2.75, 3.05) is 0 Å². The maximum Gasteiger partial charge on any atom is 0.208 e. The maximum atomic E-state index is 12.9. The van der Waals surface area contributed by atoms with E-state index in [1.807, 2.05) is 26.8 Å². The molecule has 29 heavy (non-hydrogen) atoms. The van der Waals surface area contributed by atoms with Gasteiger partial charge in [-0.25, -0.2) is 0 Å². The molecule has 1 aromatic heterocycles. The Labute approximate surface area is 167 Å². The monoisotopic (exact) mass is 394 g/mol. The van der Waals surface area contributed by atoms with Gasteiger partial charge < -0.3 is 24.5 Å². The van der Waals surface area contributed by atoms with Crippen LogP contribution in [0.1, 0.15) is 39.2 Å². The number of benzene rings is 2. The molecular formula is C23H22O6. The van der Waals surface area contributed by atoms with Crippen molar-refractivity contribution in [3.63, 3.8) is 0 Å². The second-order valence-corrected chi connectivity index (χ2v) is 7.82. The maximum absolute atomic E-state index is 12.9. The fraction of sp³-hybridized carbons (Fsp3) is 0.261. The highest BCUT2D eigenvalue weighted by molar-refractivity contribution is 6.00. The van der Waals surface area contributed by atoms with Gasteiger partial charge >= 0.3 is 0 Å². The van der Waals surface area contributed by atoms with Gasteiger partial charge in [0.25, 0.3) is 0 Å². The van der Waals surface area contributed by atoms with Crippen LogP contribution in [0.3, 0.4) is 0 Å². The van der Waals surface area contributed by atoms with Crippen molar-refractivity contribution in [2.24, 2.45) is 0 Å². The zero-order valence-corrected chi connectivity index (χ0v) is 16.4. The van der Waals surface area contributed by atoms with Gasteiger partial charge in [-0.2, -0.15) is 0 Å². The minimum atomic E-state index is -0.625. The molecule has 0 bridgehead atoms. The van der Waals surface area contributed by atoms with E-state index in [1.165, 1.54) is 23.8 Å². The average Bonchev–Trinajstić information content (AvgIpc) is 2.64. The molecule has 0 spiro atoms. The molecule has 0 saturated carbocycles. The molecule has 1 unspecified atom stereocenters. The Kier molecular flexibility index (Phi) is 4.30. The molecule has 150 valence electrons. The Bertz CT molecular complexity index is 1260. The third-order valence-corrected chi connectivity index (χ3v) is 5.19. The molecule has 2 aromatic carbocycles. The molecule has 1 aliphatic heterocycles. The number of hydrogen-bond acceptors (Lipinski definition) is 6. The molecular weight excluding hydrogens is 372 g/mol. The van der Waals surface area contributed by atoms with E-state index in [2.05, 4.69) is 6.08 Å². The van der Waals surface area contributed by atoms with Crippen LogP contribution < -0.4 is 10.2 Å². The van der Waals surface area contributed by atoms with E-state index in [1.54, 1.807) is 6.08 Å². The summed E-state index contributed by atoms with van der Waals surface area (Å²) < 4.78 is 11.8. The lowest BCUT2D eigenvalue weighted by Gasteiger charge is -2.32. The third-order valence-electron chi connectivity index (χ3n) is 5.19. The lowest BCUT2D eigenvalue weighted by atomic mass is 9.93. The number of allylic oxidation sites excluding steroid dienone is 2. The molecule has 2 heterocycles. The summed E-state index contributed by atoms with van der Waals surface area (Å²) in [5.41, 5.74) is 0.343. The van der Waals surface area contributed by atoms with Crippen LogP contribution in [0, 0.1) is 0 Å². The number of ether oxygens (including phenoxy) is 1. The lowest BCUT2D eigenvalue weighted by molar-refractivity contribution is 0.128. The predicted molar refractivity (Wildman–Crippen MR) is 112 cm³/mol. The van der Waals surface area contributed by atoms with E-state index < -0.39 is 11.0 Å². The summed E-state index contributed by atoms with van der Waals surface area (Å²) in [6, 6.07) is 3.98. The second kappa shape index (κ2) is 6.58. The Morgan fingerprint density at radius 2 is 1.86 bits per heavy atom.